The van der Waals surface area contributed by atoms with Crippen molar-refractivity contribution in [2.45, 2.75) is 6.92 Å². The van der Waals surface area contributed by atoms with Crippen LogP contribution in [0.2, 0.25) is 20.2 Å². The minimum atomic E-state index is 0.301. The number of benzene rings is 2. The lowest BCUT2D eigenvalue weighted by Gasteiger charge is -2.09. The minimum absolute atomic E-state index is 0.301. The topological polar surface area (TPSA) is 25.8 Å². The molecule has 3 rings (SSSR count). The molecule has 0 atom stereocenters. The summed E-state index contributed by atoms with van der Waals surface area (Å²) in [6.07, 6.45) is 0. The van der Waals surface area contributed by atoms with Gasteiger partial charge in [-0.05, 0) is 36.8 Å². The molecular formula is C15H8Cl4N2. The van der Waals surface area contributed by atoms with Crippen LogP contribution in [0.5, 0.6) is 0 Å². The molecule has 0 fully saturated rings. The van der Waals surface area contributed by atoms with E-state index in [1.807, 2.05) is 13.0 Å². The molecule has 0 N–H and O–H groups in total. The van der Waals surface area contributed by atoms with E-state index in [2.05, 4.69) is 9.97 Å². The Morgan fingerprint density at radius 1 is 0.857 bits per heavy atom. The molecule has 0 unspecified atom stereocenters. The number of rotatable bonds is 1. The highest BCUT2D eigenvalue weighted by Gasteiger charge is 2.14. The highest BCUT2D eigenvalue weighted by molar-refractivity contribution is 6.41. The first-order valence-corrected chi connectivity index (χ1v) is 7.56. The van der Waals surface area contributed by atoms with Crippen LogP contribution in [0, 0.1) is 6.92 Å². The predicted octanol–water partition coefficient (Wildman–Crippen LogP) is 6.22. The lowest BCUT2D eigenvalue weighted by atomic mass is 10.1. The number of halogens is 4. The molecule has 2 nitrogen and oxygen atoms in total. The zero-order valence-electron chi connectivity index (χ0n) is 10.8. The Labute approximate surface area is 141 Å². The molecule has 0 bridgehead atoms. The van der Waals surface area contributed by atoms with Crippen molar-refractivity contribution in [1.29, 1.82) is 0 Å². The summed E-state index contributed by atoms with van der Waals surface area (Å²) < 4.78 is 0. The van der Waals surface area contributed by atoms with E-state index in [-0.39, 0.29) is 0 Å². The van der Waals surface area contributed by atoms with Gasteiger partial charge in [-0.3, -0.25) is 0 Å². The van der Waals surface area contributed by atoms with Crippen LogP contribution in [0.4, 0.5) is 0 Å². The summed E-state index contributed by atoms with van der Waals surface area (Å²) in [5.74, 6) is 0.444. The van der Waals surface area contributed by atoms with E-state index >= 15 is 0 Å². The number of hydrogen-bond acceptors (Lipinski definition) is 2. The van der Waals surface area contributed by atoms with Crippen molar-refractivity contribution in [3.05, 3.63) is 56.1 Å². The molecule has 106 valence electrons. The normalized spacial score (nSPS) is 11.1. The quantitative estimate of drug-likeness (QED) is 0.483. The van der Waals surface area contributed by atoms with Gasteiger partial charge in [0.2, 0.25) is 0 Å². The second-order valence-corrected chi connectivity index (χ2v) is 6.16. The van der Waals surface area contributed by atoms with E-state index in [4.69, 9.17) is 46.4 Å². The molecule has 1 aromatic heterocycles. The Hall–Kier alpha value is -1.06. The van der Waals surface area contributed by atoms with Crippen LogP contribution in [0.3, 0.4) is 0 Å². The smallest absolute Gasteiger partial charge is 0.163 e. The van der Waals surface area contributed by atoms with E-state index in [1.54, 1.807) is 24.3 Å². The van der Waals surface area contributed by atoms with Crippen LogP contribution < -0.4 is 0 Å². The zero-order chi connectivity index (χ0) is 15.1. The summed E-state index contributed by atoms with van der Waals surface area (Å²) in [4.78, 5) is 8.86. The van der Waals surface area contributed by atoms with Gasteiger partial charge in [0.15, 0.2) is 5.82 Å². The average molecular weight is 358 g/mol. The SMILES string of the molecule is Cc1ccc(Cl)c2c(Cl)nc(-c3ccc(Cl)cc3Cl)nc12. The van der Waals surface area contributed by atoms with Gasteiger partial charge in [-0.2, -0.15) is 0 Å². The second kappa shape index (κ2) is 5.62. The van der Waals surface area contributed by atoms with E-state index in [9.17, 15) is 0 Å². The third-order valence-electron chi connectivity index (χ3n) is 3.13. The minimum Gasteiger partial charge on any atom is -0.228 e. The van der Waals surface area contributed by atoms with Gasteiger partial charge < -0.3 is 0 Å². The van der Waals surface area contributed by atoms with Crippen LogP contribution in [0.1, 0.15) is 5.56 Å². The Kier molecular flexibility index (Phi) is 3.98. The largest absolute Gasteiger partial charge is 0.228 e. The van der Waals surface area contributed by atoms with Crippen LogP contribution in [-0.2, 0) is 0 Å². The van der Waals surface area contributed by atoms with E-state index in [0.29, 0.717) is 42.5 Å². The first-order valence-electron chi connectivity index (χ1n) is 6.05. The second-order valence-electron chi connectivity index (χ2n) is 4.55. The van der Waals surface area contributed by atoms with E-state index in [0.717, 1.165) is 5.56 Å². The van der Waals surface area contributed by atoms with Gasteiger partial charge in [-0.15, -0.1) is 0 Å². The standard InChI is InChI=1S/C15H8Cl4N2/c1-7-2-5-10(17)12-13(7)20-15(21-14(12)19)9-4-3-8(16)6-11(9)18/h2-6H,1H3. The molecule has 0 saturated heterocycles. The van der Waals surface area contributed by atoms with E-state index in [1.165, 1.54) is 0 Å². The van der Waals surface area contributed by atoms with Gasteiger partial charge in [0.05, 0.1) is 20.9 Å². The molecule has 0 aliphatic carbocycles. The number of aromatic nitrogens is 2. The zero-order valence-corrected chi connectivity index (χ0v) is 13.8. The summed E-state index contributed by atoms with van der Waals surface area (Å²) in [5, 5.41) is 2.49. The maximum Gasteiger partial charge on any atom is 0.163 e. The molecule has 3 aromatic rings. The van der Waals surface area contributed by atoms with Crippen molar-refractivity contribution in [1.82, 2.24) is 9.97 Å². The molecule has 0 radical (unpaired) electrons. The van der Waals surface area contributed by atoms with Gasteiger partial charge in [0.25, 0.3) is 0 Å². The van der Waals surface area contributed by atoms with E-state index < -0.39 is 0 Å². The molecule has 21 heavy (non-hydrogen) atoms. The predicted molar refractivity (Wildman–Crippen MR) is 89.8 cm³/mol. The van der Waals surface area contributed by atoms with Gasteiger partial charge in [-0.25, -0.2) is 9.97 Å². The molecule has 2 aromatic carbocycles. The molecule has 0 aliphatic heterocycles. The average Bonchev–Trinajstić information content (AvgIpc) is 2.42. The summed E-state index contributed by atoms with van der Waals surface area (Å²) in [6, 6.07) is 8.81. The van der Waals surface area contributed by atoms with Gasteiger partial charge in [0, 0.05) is 10.6 Å². The van der Waals surface area contributed by atoms with Crippen molar-refractivity contribution in [2.24, 2.45) is 0 Å². The van der Waals surface area contributed by atoms with Gasteiger partial charge >= 0.3 is 0 Å². The van der Waals surface area contributed by atoms with Crippen LogP contribution >= 0.6 is 46.4 Å². The lowest BCUT2D eigenvalue weighted by molar-refractivity contribution is 1.22. The Balaban J connectivity index is 2.33. The molecule has 6 heteroatoms. The highest BCUT2D eigenvalue weighted by Crippen LogP contribution is 2.34. The monoisotopic (exact) mass is 356 g/mol. The van der Waals surface area contributed by atoms with Gasteiger partial charge in [-0.1, -0.05) is 52.5 Å². The first-order chi connectivity index (χ1) is 9.97. The molecule has 1 heterocycles. The van der Waals surface area contributed by atoms with Crippen LogP contribution in [-0.4, -0.2) is 9.97 Å². The maximum absolute atomic E-state index is 6.27. The summed E-state index contributed by atoms with van der Waals surface area (Å²) >= 11 is 24.6. The number of fused-ring (bicyclic) bond motifs is 1. The van der Waals surface area contributed by atoms with Crippen molar-refractivity contribution >= 4 is 57.3 Å². The molecule has 0 amide bonds. The number of hydrogen-bond donors (Lipinski definition) is 0. The summed E-state index contributed by atoms with van der Waals surface area (Å²) in [6.45, 7) is 1.94. The highest BCUT2D eigenvalue weighted by atomic mass is 35.5. The fraction of sp³-hybridized carbons (Fsp3) is 0.0667. The molecule has 0 aliphatic rings. The van der Waals surface area contributed by atoms with Gasteiger partial charge in [0.1, 0.15) is 5.15 Å². The van der Waals surface area contributed by atoms with Crippen molar-refractivity contribution < 1.29 is 0 Å². The third-order valence-corrected chi connectivity index (χ3v) is 4.27. The number of aryl methyl sites for hydroxylation is 1. The molecule has 0 saturated carbocycles. The number of nitrogens with zero attached hydrogens (tertiary/aromatic N) is 2. The molecular weight excluding hydrogens is 350 g/mol. The third kappa shape index (κ3) is 2.69. The Bertz CT molecular complexity index is 862. The van der Waals surface area contributed by atoms with Crippen LogP contribution in [0.25, 0.3) is 22.3 Å². The summed E-state index contributed by atoms with van der Waals surface area (Å²) in [7, 11) is 0. The van der Waals surface area contributed by atoms with Crippen LogP contribution in [0.15, 0.2) is 30.3 Å². The Morgan fingerprint density at radius 3 is 2.33 bits per heavy atom. The molecule has 0 spiro atoms. The lowest BCUT2D eigenvalue weighted by Crippen LogP contribution is -1.95. The van der Waals surface area contributed by atoms with Crippen molar-refractivity contribution in [3.8, 4) is 11.4 Å². The fourth-order valence-electron chi connectivity index (χ4n) is 2.08. The summed E-state index contributed by atoms with van der Waals surface area (Å²) in [5.41, 5.74) is 2.35. The maximum atomic E-state index is 6.27. The van der Waals surface area contributed by atoms with Crippen molar-refractivity contribution in [3.63, 3.8) is 0 Å². The van der Waals surface area contributed by atoms with Crippen molar-refractivity contribution in [2.75, 3.05) is 0 Å². The first kappa shape index (κ1) is 14.9. The fourth-order valence-corrected chi connectivity index (χ4v) is 3.14. The Morgan fingerprint density at radius 2 is 1.62 bits per heavy atom.